The second kappa shape index (κ2) is 6.70. The average Bonchev–Trinajstić information content (AvgIpc) is 3.21. The first-order valence-corrected chi connectivity index (χ1v) is 7.68. The Morgan fingerprint density at radius 2 is 2.00 bits per heavy atom. The van der Waals surface area contributed by atoms with Crippen LogP contribution in [0.4, 0.5) is 0 Å². The van der Waals surface area contributed by atoms with E-state index in [-0.39, 0.29) is 0 Å². The Morgan fingerprint density at radius 3 is 2.81 bits per heavy atom. The summed E-state index contributed by atoms with van der Waals surface area (Å²) in [6.45, 7) is 2.19. The van der Waals surface area contributed by atoms with Gasteiger partial charge in [0, 0.05) is 20.1 Å². The van der Waals surface area contributed by atoms with Crippen LogP contribution in [-0.4, -0.2) is 32.9 Å². The number of rotatable bonds is 6. The van der Waals surface area contributed by atoms with E-state index in [9.17, 15) is 0 Å². The molecule has 1 saturated carbocycles. The zero-order valence-electron chi connectivity index (χ0n) is 12.5. The second-order valence-corrected chi connectivity index (χ2v) is 5.60. The molecule has 0 radical (unpaired) electrons. The summed E-state index contributed by atoms with van der Waals surface area (Å²) in [4.78, 5) is 4.24. The van der Waals surface area contributed by atoms with E-state index in [1.165, 1.54) is 24.8 Å². The minimum absolute atomic E-state index is 0.328. The van der Waals surface area contributed by atoms with Crippen molar-refractivity contribution in [1.82, 2.24) is 10.6 Å². The van der Waals surface area contributed by atoms with Crippen molar-refractivity contribution in [3.05, 3.63) is 23.8 Å². The van der Waals surface area contributed by atoms with Gasteiger partial charge in [0.15, 0.2) is 17.5 Å². The van der Waals surface area contributed by atoms with Crippen LogP contribution in [0.1, 0.15) is 24.8 Å². The van der Waals surface area contributed by atoms with E-state index in [0.29, 0.717) is 6.79 Å². The molecule has 21 heavy (non-hydrogen) atoms. The molecule has 1 aromatic rings. The number of fused-ring (bicyclic) bond motifs is 1. The number of ether oxygens (including phenoxy) is 2. The first-order chi connectivity index (χ1) is 10.3. The molecule has 0 bridgehead atoms. The zero-order chi connectivity index (χ0) is 14.5. The molecule has 0 unspecified atom stereocenters. The van der Waals surface area contributed by atoms with Crippen LogP contribution in [0.3, 0.4) is 0 Å². The lowest BCUT2D eigenvalue weighted by Crippen LogP contribution is -2.38. The number of hydrogen-bond donors (Lipinski definition) is 2. The molecule has 1 aromatic carbocycles. The molecular formula is C16H23N3O2. The number of nitrogens with zero attached hydrogens (tertiary/aromatic N) is 1. The molecule has 0 saturated heterocycles. The van der Waals surface area contributed by atoms with Gasteiger partial charge in [-0.1, -0.05) is 18.9 Å². The van der Waals surface area contributed by atoms with Gasteiger partial charge in [0.05, 0.1) is 0 Å². The Kier molecular flexibility index (Phi) is 4.48. The summed E-state index contributed by atoms with van der Waals surface area (Å²) in [5, 5.41) is 6.71. The fourth-order valence-corrected chi connectivity index (χ4v) is 2.44. The lowest BCUT2D eigenvalue weighted by atomic mass is 10.1. The summed E-state index contributed by atoms with van der Waals surface area (Å²) >= 11 is 0. The van der Waals surface area contributed by atoms with Gasteiger partial charge in [-0.2, -0.15) is 0 Å². The lowest BCUT2D eigenvalue weighted by Gasteiger charge is -2.11. The Balaban J connectivity index is 1.39. The van der Waals surface area contributed by atoms with Gasteiger partial charge >= 0.3 is 0 Å². The summed E-state index contributed by atoms with van der Waals surface area (Å²) in [6, 6.07) is 6.10. The molecule has 2 aliphatic rings. The third-order valence-corrected chi connectivity index (χ3v) is 3.91. The monoisotopic (exact) mass is 289 g/mol. The van der Waals surface area contributed by atoms with Crippen molar-refractivity contribution in [2.75, 3.05) is 26.9 Å². The van der Waals surface area contributed by atoms with Gasteiger partial charge in [-0.3, -0.25) is 4.99 Å². The molecule has 5 nitrogen and oxygen atoms in total. The molecule has 5 heteroatoms. The van der Waals surface area contributed by atoms with Gasteiger partial charge in [-0.05, 0) is 36.5 Å². The molecule has 0 amide bonds. The predicted molar refractivity (Wildman–Crippen MR) is 83.0 cm³/mol. The van der Waals surface area contributed by atoms with Crippen molar-refractivity contribution in [3.8, 4) is 11.5 Å². The van der Waals surface area contributed by atoms with Gasteiger partial charge in [-0.15, -0.1) is 0 Å². The van der Waals surface area contributed by atoms with Gasteiger partial charge in [0.1, 0.15) is 0 Å². The Labute approximate surface area is 125 Å². The predicted octanol–water partition coefficient (Wildman–Crippen LogP) is 1.92. The highest BCUT2D eigenvalue weighted by molar-refractivity contribution is 5.79. The standard InChI is InChI=1S/C16H23N3O2/c1-17-16(18-8-6-12-2-3-12)19-9-7-13-4-5-14-15(10-13)21-11-20-14/h4-5,10,12H,2-3,6-9,11H2,1H3,(H2,17,18,19). The zero-order valence-corrected chi connectivity index (χ0v) is 12.5. The van der Waals surface area contributed by atoms with Crippen LogP contribution >= 0.6 is 0 Å². The molecule has 114 valence electrons. The molecule has 1 aliphatic carbocycles. The first kappa shape index (κ1) is 14.0. The van der Waals surface area contributed by atoms with Crippen LogP contribution in [0, 0.1) is 5.92 Å². The average molecular weight is 289 g/mol. The highest BCUT2D eigenvalue weighted by Gasteiger charge is 2.20. The van der Waals surface area contributed by atoms with Gasteiger partial charge in [0.25, 0.3) is 0 Å². The summed E-state index contributed by atoms with van der Waals surface area (Å²) in [6.07, 6.45) is 4.98. The molecule has 0 atom stereocenters. The SMILES string of the molecule is CN=C(NCCc1ccc2c(c1)OCO2)NCCC1CC1. The highest BCUT2D eigenvalue weighted by Crippen LogP contribution is 2.32. The second-order valence-electron chi connectivity index (χ2n) is 5.60. The molecule has 0 aromatic heterocycles. The number of hydrogen-bond acceptors (Lipinski definition) is 3. The first-order valence-electron chi connectivity index (χ1n) is 7.68. The van der Waals surface area contributed by atoms with E-state index in [1.807, 2.05) is 19.2 Å². The summed E-state index contributed by atoms with van der Waals surface area (Å²) < 4.78 is 10.7. The van der Waals surface area contributed by atoms with Crippen LogP contribution in [0.5, 0.6) is 11.5 Å². The van der Waals surface area contributed by atoms with Crippen molar-refractivity contribution in [2.45, 2.75) is 25.7 Å². The maximum absolute atomic E-state index is 5.39. The quantitative estimate of drug-likeness (QED) is 0.620. The Hall–Kier alpha value is -1.91. The maximum Gasteiger partial charge on any atom is 0.231 e. The maximum atomic E-state index is 5.39. The molecule has 0 spiro atoms. The van der Waals surface area contributed by atoms with Crippen molar-refractivity contribution in [3.63, 3.8) is 0 Å². The van der Waals surface area contributed by atoms with Crippen LogP contribution in [-0.2, 0) is 6.42 Å². The van der Waals surface area contributed by atoms with E-state index < -0.39 is 0 Å². The van der Waals surface area contributed by atoms with E-state index in [2.05, 4.69) is 21.7 Å². The lowest BCUT2D eigenvalue weighted by molar-refractivity contribution is 0.174. The van der Waals surface area contributed by atoms with Crippen molar-refractivity contribution >= 4 is 5.96 Å². The number of guanidine groups is 1. The summed E-state index contributed by atoms with van der Waals surface area (Å²) in [5.41, 5.74) is 1.24. The van der Waals surface area contributed by atoms with Crippen LogP contribution in [0.25, 0.3) is 0 Å². The van der Waals surface area contributed by atoms with E-state index in [0.717, 1.165) is 42.9 Å². The van der Waals surface area contributed by atoms with E-state index >= 15 is 0 Å². The topological polar surface area (TPSA) is 54.9 Å². The van der Waals surface area contributed by atoms with Crippen molar-refractivity contribution < 1.29 is 9.47 Å². The highest BCUT2D eigenvalue weighted by atomic mass is 16.7. The summed E-state index contributed by atoms with van der Waals surface area (Å²) in [5.74, 6) is 3.52. The molecule has 1 aliphatic heterocycles. The smallest absolute Gasteiger partial charge is 0.231 e. The molecule has 3 rings (SSSR count). The third-order valence-electron chi connectivity index (χ3n) is 3.91. The van der Waals surface area contributed by atoms with Crippen LogP contribution in [0.15, 0.2) is 23.2 Å². The van der Waals surface area contributed by atoms with Crippen LogP contribution < -0.4 is 20.1 Å². The number of nitrogens with one attached hydrogen (secondary N) is 2. The molecule has 1 heterocycles. The van der Waals surface area contributed by atoms with Gasteiger partial charge < -0.3 is 20.1 Å². The van der Waals surface area contributed by atoms with Gasteiger partial charge in [0.2, 0.25) is 6.79 Å². The van der Waals surface area contributed by atoms with E-state index in [4.69, 9.17) is 9.47 Å². The molecule has 1 fully saturated rings. The number of benzene rings is 1. The Morgan fingerprint density at radius 1 is 1.19 bits per heavy atom. The third kappa shape index (κ3) is 4.03. The fraction of sp³-hybridized carbons (Fsp3) is 0.562. The summed E-state index contributed by atoms with van der Waals surface area (Å²) in [7, 11) is 1.81. The normalized spacial score (nSPS) is 16.9. The van der Waals surface area contributed by atoms with E-state index in [1.54, 1.807) is 0 Å². The largest absolute Gasteiger partial charge is 0.454 e. The number of aliphatic imine (C=N–C) groups is 1. The molecular weight excluding hydrogens is 266 g/mol. The van der Waals surface area contributed by atoms with Crippen molar-refractivity contribution in [1.29, 1.82) is 0 Å². The Bertz CT molecular complexity index is 512. The van der Waals surface area contributed by atoms with Gasteiger partial charge in [-0.25, -0.2) is 0 Å². The fourth-order valence-electron chi connectivity index (χ4n) is 2.44. The van der Waals surface area contributed by atoms with Crippen molar-refractivity contribution in [2.24, 2.45) is 10.9 Å². The minimum Gasteiger partial charge on any atom is -0.454 e. The molecule has 2 N–H and O–H groups in total. The minimum atomic E-state index is 0.328. The van der Waals surface area contributed by atoms with Crippen LogP contribution in [0.2, 0.25) is 0 Å².